The summed E-state index contributed by atoms with van der Waals surface area (Å²) in [7, 11) is 0. The Kier molecular flexibility index (Phi) is 12.5. The van der Waals surface area contributed by atoms with Crippen LogP contribution in [-0.4, -0.2) is 89.2 Å². The van der Waals surface area contributed by atoms with E-state index in [2.05, 4.69) is 46.3 Å². The van der Waals surface area contributed by atoms with E-state index >= 15 is 0 Å². The van der Waals surface area contributed by atoms with Gasteiger partial charge in [-0.25, -0.2) is 0 Å². The number of ether oxygens (including phenoxy) is 2. The molecular formula is C44H49F3N4O5. The zero-order valence-electron chi connectivity index (χ0n) is 31.5. The third kappa shape index (κ3) is 9.50. The van der Waals surface area contributed by atoms with E-state index in [9.17, 15) is 27.9 Å². The van der Waals surface area contributed by atoms with Gasteiger partial charge in [-0.15, -0.1) is 0 Å². The van der Waals surface area contributed by atoms with E-state index < -0.39 is 30.3 Å². The molecule has 3 aliphatic heterocycles. The fourth-order valence-corrected chi connectivity index (χ4v) is 8.00. The molecule has 0 aliphatic carbocycles. The second kappa shape index (κ2) is 17.7. The van der Waals surface area contributed by atoms with Crippen LogP contribution in [0.1, 0.15) is 60.0 Å². The van der Waals surface area contributed by atoms with E-state index in [1.54, 1.807) is 0 Å². The van der Waals surface area contributed by atoms with Crippen LogP contribution in [0.4, 0.5) is 13.2 Å². The molecule has 2 amide bonds. The molecule has 3 heterocycles. The predicted molar refractivity (Wildman–Crippen MR) is 206 cm³/mol. The predicted octanol–water partition coefficient (Wildman–Crippen LogP) is 6.62. The fourth-order valence-electron chi connectivity index (χ4n) is 8.00. The van der Waals surface area contributed by atoms with Gasteiger partial charge in [0, 0.05) is 63.8 Å². The minimum absolute atomic E-state index is 0.0252. The molecule has 9 nitrogen and oxygen atoms in total. The van der Waals surface area contributed by atoms with Crippen LogP contribution in [0.5, 0.6) is 0 Å². The van der Waals surface area contributed by atoms with Crippen LogP contribution in [0, 0.1) is 5.92 Å². The first-order chi connectivity index (χ1) is 27.1. The SMILES string of the molecule is C[C@@H]1[C@H](CN2CCN(Cc3ccccc3)CC2)O[C@H](c2ccc(-c3cccc(CNC(=O)[C@@H]4CCCN4C(=O)C(F)(F)F)c3)cc2)O[C@@H]1c1ccc(CO)cc1. The van der Waals surface area contributed by atoms with Crippen molar-refractivity contribution in [2.24, 2.45) is 5.92 Å². The Morgan fingerprint density at radius 3 is 2.14 bits per heavy atom. The van der Waals surface area contributed by atoms with Crippen LogP contribution < -0.4 is 5.32 Å². The van der Waals surface area contributed by atoms with Gasteiger partial charge in [-0.2, -0.15) is 13.2 Å². The lowest BCUT2D eigenvalue weighted by atomic mass is 9.89. The van der Waals surface area contributed by atoms with Gasteiger partial charge in [0.1, 0.15) is 6.04 Å². The number of amides is 2. The number of rotatable bonds is 11. The minimum atomic E-state index is -5.02. The molecule has 0 radical (unpaired) electrons. The number of nitrogens with zero attached hydrogens (tertiary/aromatic N) is 3. The van der Waals surface area contributed by atoms with E-state index in [0.717, 1.165) is 72.6 Å². The van der Waals surface area contributed by atoms with Crippen LogP contribution in [0.3, 0.4) is 0 Å². The normalized spacial score (nSPS) is 23.6. The number of hydrogen-bond acceptors (Lipinski definition) is 7. The summed E-state index contributed by atoms with van der Waals surface area (Å²) in [5.41, 5.74) is 6.70. The number of carbonyl (C=O) groups excluding carboxylic acids is 2. The van der Waals surface area contributed by atoms with Gasteiger partial charge in [0.15, 0.2) is 6.29 Å². The molecule has 2 N–H and O–H groups in total. The van der Waals surface area contributed by atoms with Gasteiger partial charge >= 0.3 is 12.1 Å². The maximum Gasteiger partial charge on any atom is 0.471 e. The summed E-state index contributed by atoms with van der Waals surface area (Å²) >= 11 is 0. The molecule has 0 spiro atoms. The average Bonchev–Trinajstić information content (AvgIpc) is 3.72. The molecule has 4 aromatic rings. The van der Waals surface area contributed by atoms with Crippen molar-refractivity contribution in [3.8, 4) is 11.1 Å². The van der Waals surface area contributed by atoms with Gasteiger partial charge in [-0.1, -0.05) is 104 Å². The van der Waals surface area contributed by atoms with Crippen molar-refractivity contribution >= 4 is 11.8 Å². The Labute approximate surface area is 326 Å². The number of aliphatic hydroxyl groups is 1. The summed E-state index contributed by atoms with van der Waals surface area (Å²) < 4.78 is 52.7. The Morgan fingerprint density at radius 1 is 0.768 bits per heavy atom. The van der Waals surface area contributed by atoms with Crippen LogP contribution in [-0.2, 0) is 38.8 Å². The Hall–Kier alpha value is -4.59. The zero-order valence-corrected chi connectivity index (χ0v) is 31.5. The second-order valence-corrected chi connectivity index (χ2v) is 15.1. The van der Waals surface area contributed by atoms with Gasteiger partial charge in [-0.05, 0) is 52.3 Å². The summed E-state index contributed by atoms with van der Waals surface area (Å²) in [6.45, 7) is 7.78. The number of carbonyl (C=O) groups is 2. The quantitative estimate of drug-likeness (QED) is 0.177. The molecule has 4 aromatic carbocycles. The average molecular weight is 771 g/mol. The van der Waals surface area contributed by atoms with Crippen molar-refractivity contribution in [2.75, 3.05) is 39.3 Å². The topological polar surface area (TPSA) is 94.6 Å². The highest BCUT2D eigenvalue weighted by atomic mass is 19.4. The van der Waals surface area contributed by atoms with Crippen molar-refractivity contribution in [1.82, 2.24) is 20.0 Å². The molecule has 3 fully saturated rings. The fraction of sp³-hybridized carbons (Fsp3) is 0.409. The summed E-state index contributed by atoms with van der Waals surface area (Å²) in [6, 6.07) is 33.0. The molecule has 3 saturated heterocycles. The molecule has 5 atom stereocenters. The van der Waals surface area contributed by atoms with E-state index in [0.29, 0.717) is 11.3 Å². The first-order valence-corrected chi connectivity index (χ1v) is 19.4. The molecule has 12 heteroatoms. The van der Waals surface area contributed by atoms with Crippen molar-refractivity contribution in [1.29, 1.82) is 0 Å². The van der Waals surface area contributed by atoms with Crippen molar-refractivity contribution in [3.63, 3.8) is 0 Å². The standard InChI is InChI=1S/C44H49F3N4O5/c1-30-39(28-50-23-21-49(22-24-50)27-31-7-3-2-4-8-31)55-42(56-40(30)35-14-12-32(29-52)13-15-35)36-18-16-34(17-19-36)37-10-5-9-33(25-37)26-48-41(53)38-11-6-20-51(38)43(54)44(45,46)47/h2-5,7-10,12-19,25,30,38-40,42,52H,6,11,20-24,26-29H2,1H3,(H,48,53)/t30-,38+,39+,40+,42+/m1/s1. The van der Waals surface area contributed by atoms with E-state index in [-0.39, 0.29) is 44.2 Å². The number of benzene rings is 4. The lowest BCUT2D eigenvalue weighted by Crippen LogP contribution is -2.51. The van der Waals surface area contributed by atoms with Gasteiger partial charge in [-0.3, -0.25) is 19.4 Å². The largest absolute Gasteiger partial charge is 0.471 e. The number of hydrogen-bond donors (Lipinski definition) is 2. The Bertz CT molecular complexity index is 1920. The van der Waals surface area contributed by atoms with Gasteiger partial charge in [0.2, 0.25) is 5.91 Å². The van der Waals surface area contributed by atoms with E-state index in [1.165, 1.54) is 5.56 Å². The first-order valence-electron chi connectivity index (χ1n) is 19.4. The highest BCUT2D eigenvalue weighted by Gasteiger charge is 2.47. The van der Waals surface area contributed by atoms with Gasteiger partial charge in [0.25, 0.3) is 0 Å². The smallest absolute Gasteiger partial charge is 0.392 e. The highest BCUT2D eigenvalue weighted by molar-refractivity contribution is 5.90. The Balaban J connectivity index is 1.01. The summed E-state index contributed by atoms with van der Waals surface area (Å²) in [6.07, 6.45) is -5.40. The molecule has 0 unspecified atom stereocenters. The molecule has 7 rings (SSSR count). The third-order valence-electron chi connectivity index (χ3n) is 11.2. The molecule has 0 aromatic heterocycles. The number of halogens is 3. The molecular weight excluding hydrogens is 722 g/mol. The van der Waals surface area contributed by atoms with Crippen molar-refractivity contribution < 1.29 is 37.3 Å². The molecule has 0 saturated carbocycles. The summed E-state index contributed by atoms with van der Waals surface area (Å²) in [5.74, 6) is -2.50. The minimum Gasteiger partial charge on any atom is -0.392 e. The number of nitrogens with one attached hydrogen (secondary N) is 1. The first kappa shape index (κ1) is 39.6. The molecule has 296 valence electrons. The van der Waals surface area contributed by atoms with Crippen LogP contribution in [0.2, 0.25) is 0 Å². The zero-order chi connectivity index (χ0) is 39.2. The van der Waals surface area contributed by atoms with Gasteiger partial charge < -0.3 is 24.8 Å². The maximum atomic E-state index is 13.1. The van der Waals surface area contributed by atoms with Crippen LogP contribution in [0.15, 0.2) is 103 Å². The second-order valence-electron chi connectivity index (χ2n) is 15.1. The van der Waals surface area contributed by atoms with Crippen molar-refractivity contribution in [3.05, 3.63) is 131 Å². The van der Waals surface area contributed by atoms with E-state index in [1.807, 2.05) is 78.9 Å². The summed E-state index contributed by atoms with van der Waals surface area (Å²) in [5, 5.41) is 12.4. The maximum absolute atomic E-state index is 13.1. The van der Waals surface area contributed by atoms with E-state index in [4.69, 9.17) is 9.47 Å². The highest BCUT2D eigenvalue weighted by Crippen LogP contribution is 2.42. The van der Waals surface area contributed by atoms with Crippen LogP contribution in [0.25, 0.3) is 11.1 Å². The monoisotopic (exact) mass is 770 g/mol. The van der Waals surface area contributed by atoms with Gasteiger partial charge in [0.05, 0.1) is 18.8 Å². The molecule has 0 bridgehead atoms. The summed E-state index contributed by atoms with van der Waals surface area (Å²) in [4.78, 5) is 30.3. The number of piperazine rings is 1. The van der Waals surface area contributed by atoms with Crippen LogP contribution >= 0.6 is 0 Å². The molecule has 56 heavy (non-hydrogen) atoms. The number of aliphatic hydroxyl groups excluding tert-OH is 1. The molecule has 3 aliphatic rings. The lowest BCUT2D eigenvalue weighted by molar-refractivity contribution is -0.276. The van der Waals surface area contributed by atoms with Crippen molar-refractivity contribution in [2.45, 2.75) is 70.2 Å². The number of likely N-dealkylation sites (tertiary alicyclic amines) is 1. The number of alkyl halides is 3. The third-order valence-corrected chi connectivity index (χ3v) is 11.2. The lowest BCUT2D eigenvalue weighted by Gasteiger charge is -2.44. The Morgan fingerprint density at radius 2 is 1.45 bits per heavy atom.